The molecule has 1 unspecified atom stereocenters. The quantitative estimate of drug-likeness (QED) is 0.0262. The van der Waals surface area contributed by atoms with Gasteiger partial charge in [-0.25, -0.2) is 0 Å². The van der Waals surface area contributed by atoms with Crippen LogP contribution in [0.25, 0.3) is 0 Å². The molecule has 0 saturated carbocycles. The van der Waals surface area contributed by atoms with Crippen LogP contribution in [0, 0.1) is 0 Å². The highest BCUT2D eigenvalue weighted by atomic mass is 16.6. The lowest BCUT2D eigenvalue weighted by Crippen LogP contribution is -2.30. The maximum Gasteiger partial charge on any atom is 0.306 e. The first kappa shape index (κ1) is 64.9. The lowest BCUT2D eigenvalue weighted by molar-refractivity contribution is -0.167. The second kappa shape index (κ2) is 56.5. The Morgan fingerprint density at radius 3 is 0.836 bits per heavy atom. The van der Waals surface area contributed by atoms with Crippen LogP contribution in [0.15, 0.2) is 24.3 Å². The average molecular weight is 944 g/mol. The third-order valence-electron chi connectivity index (χ3n) is 13.5. The molecule has 0 saturated heterocycles. The number of hydrogen-bond donors (Lipinski definition) is 0. The molecular weight excluding hydrogens is 829 g/mol. The van der Waals surface area contributed by atoms with Crippen LogP contribution in [0.3, 0.4) is 0 Å². The van der Waals surface area contributed by atoms with Gasteiger partial charge in [0.1, 0.15) is 13.2 Å². The van der Waals surface area contributed by atoms with Crippen LogP contribution in [0.4, 0.5) is 0 Å². The SMILES string of the molecule is CCCCCC/C=C\C/C=C\CCCCCCCCCC(=O)OC(COC(=O)CCCCCCCCC)COC(=O)CCCCCCCCCCCCCCCCCCCCCCCCCC. The van der Waals surface area contributed by atoms with Crippen LogP contribution in [0.2, 0.25) is 0 Å². The Kier molecular flexibility index (Phi) is 54.7. The number of unbranched alkanes of at least 4 members (excludes halogenated alkanes) is 40. The van der Waals surface area contributed by atoms with Crippen molar-refractivity contribution < 1.29 is 28.6 Å². The molecule has 0 radical (unpaired) electrons. The van der Waals surface area contributed by atoms with Crippen LogP contribution in [0.5, 0.6) is 0 Å². The Morgan fingerprint density at radius 2 is 0.537 bits per heavy atom. The van der Waals surface area contributed by atoms with Crippen LogP contribution in [0.1, 0.15) is 329 Å². The minimum Gasteiger partial charge on any atom is -0.462 e. The molecule has 0 aliphatic rings. The van der Waals surface area contributed by atoms with Gasteiger partial charge in [0.05, 0.1) is 0 Å². The molecule has 0 N–H and O–H groups in total. The Bertz CT molecular complexity index is 1080. The monoisotopic (exact) mass is 943 g/mol. The lowest BCUT2D eigenvalue weighted by Gasteiger charge is -2.18. The van der Waals surface area contributed by atoms with Crippen LogP contribution < -0.4 is 0 Å². The van der Waals surface area contributed by atoms with Crippen molar-refractivity contribution in [1.29, 1.82) is 0 Å². The normalized spacial score (nSPS) is 12.1. The summed E-state index contributed by atoms with van der Waals surface area (Å²) in [4.78, 5) is 38.0. The highest BCUT2D eigenvalue weighted by Crippen LogP contribution is 2.17. The zero-order chi connectivity index (χ0) is 48.6. The largest absolute Gasteiger partial charge is 0.462 e. The summed E-state index contributed by atoms with van der Waals surface area (Å²) in [6.45, 7) is 6.63. The van der Waals surface area contributed by atoms with E-state index in [2.05, 4.69) is 45.1 Å². The molecule has 0 aliphatic heterocycles. The van der Waals surface area contributed by atoms with Crippen molar-refractivity contribution in [1.82, 2.24) is 0 Å². The third kappa shape index (κ3) is 54.7. The Labute approximate surface area is 417 Å². The van der Waals surface area contributed by atoms with E-state index in [1.807, 2.05) is 0 Å². The molecule has 0 fully saturated rings. The van der Waals surface area contributed by atoms with Gasteiger partial charge in [-0.1, -0.05) is 283 Å². The summed E-state index contributed by atoms with van der Waals surface area (Å²) >= 11 is 0. The molecule has 0 aliphatic carbocycles. The van der Waals surface area contributed by atoms with Gasteiger partial charge < -0.3 is 14.2 Å². The number of rotatable bonds is 55. The highest BCUT2D eigenvalue weighted by molar-refractivity contribution is 5.71. The van der Waals surface area contributed by atoms with E-state index >= 15 is 0 Å². The smallest absolute Gasteiger partial charge is 0.306 e. The van der Waals surface area contributed by atoms with E-state index < -0.39 is 6.10 Å². The van der Waals surface area contributed by atoms with E-state index in [0.29, 0.717) is 19.3 Å². The van der Waals surface area contributed by atoms with E-state index in [4.69, 9.17) is 14.2 Å². The number of carbonyl (C=O) groups is 3. The summed E-state index contributed by atoms with van der Waals surface area (Å²) in [6, 6.07) is 0. The van der Waals surface area contributed by atoms with Gasteiger partial charge in [0.2, 0.25) is 0 Å². The maximum atomic E-state index is 12.8. The van der Waals surface area contributed by atoms with E-state index in [-0.39, 0.29) is 31.1 Å². The Hall–Kier alpha value is -2.11. The first-order valence-electron chi connectivity index (χ1n) is 29.8. The van der Waals surface area contributed by atoms with Gasteiger partial charge in [0.15, 0.2) is 6.10 Å². The number of esters is 3. The predicted molar refractivity (Wildman–Crippen MR) is 289 cm³/mol. The molecule has 6 heteroatoms. The topological polar surface area (TPSA) is 78.9 Å². The number of ether oxygens (including phenoxy) is 3. The molecule has 394 valence electrons. The van der Waals surface area contributed by atoms with Gasteiger partial charge in [-0.2, -0.15) is 0 Å². The van der Waals surface area contributed by atoms with Crippen molar-refractivity contribution in [2.45, 2.75) is 335 Å². The molecule has 0 aromatic carbocycles. The molecular formula is C61H114O6. The van der Waals surface area contributed by atoms with Crippen LogP contribution >= 0.6 is 0 Å². The summed E-state index contributed by atoms with van der Waals surface area (Å²) in [5.74, 6) is -0.865. The summed E-state index contributed by atoms with van der Waals surface area (Å²) in [6.07, 6.45) is 66.3. The van der Waals surface area contributed by atoms with E-state index in [0.717, 1.165) is 70.6 Å². The van der Waals surface area contributed by atoms with Gasteiger partial charge >= 0.3 is 17.9 Å². The van der Waals surface area contributed by atoms with Crippen molar-refractivity contribution in [2.75, 3.05) is 13.2 Å². The first-order valence-corrected chi connectivity index (χ1v) is 29.8. The van der Waals surface area contributed by atoms with Gasteiger partial charge in [-0.3, -0.25) is 14.4 Å². The summed E-state index contributed by atoms with van der Waals surface area (Å²) in [7, 11) is 0. The fourth-order valence-electron chi connectivity index (χ4n) is 8.95. The molecule has 0 amide bonds. The lowest BCUT2D eigenvalue weighted by atomic mass is 10.0. The second-order valence-electron chi connectivity index (χ2n) is 20.3. The molecule has 0 heterocycles. The fourth-order valence-corrected chi connectivity index (χ4v) is 8.95. The van der Waals surface area contributed by atoms with Gasteiger partial charge in [0.25, 0.3) is 0 Å². The van der Waals surface area contributed by atoms with Crippen molar-refractivity contribution in [3.8, 4) is 0 Å². The zero-order valence-electron chi connectivity index (χ0n) is 45.2. The number of hydrogen-bond acceptors (Lipinski definition) is 6. The molecule has 0 rings (SSSR count). The van der Waals surface area contributed by atoms with E-state index in [1.54, 1.807) is 0 Å². The predicted octanol–water partition coefficient (Wildman–Crippen LogP) is 19.9. The second-order valence-corrected chi connectivity index (χ2v) is 20.3. The van der Waals surface area contributed by atoms with Crippen molar-refractivity contribution in [3.05, 3.63) is 24.3 Å². The summed E-state index contributed by atoms with van der Waals surface area (Å²) in [5.41, 5.74) is 0. The van der Waals surface area contributed by atoms with E-state index in [9.17, 15) is 14.4 Å². The molecule has 0 spiro atoms. The maximum absolute atomic E-state index is 12.8. The van der Waals surface area contributed by atoms with Crippen LogP contribution in [-0.4, -0.2) is 37.2 Å². The molecule has 6 nitrogen and oxygen atoms in total. The Balaban J connectivity index is 4.11. The first-order chi connectivity index (χ1) is 33.0. The Morgan fingerprint density at radius 1 is 0.299 bits per heavy atom. The van der Waals surface area contributed by atoms with Crippen molar-refractivity contribution in [3.63, 3.8) is 0 Å². The summed E-state index contributed by atoms with van der Waals surface area (Å²) < 4.78 is 16.8. The van der Waals surface area contributed by atoms with Gasteiger partial charge in [-0.05, 0) is 51.4 Å². The molecule has 0 aromatic heterocycles. The van der Waals surface area contributed by atoms with Gasteiger partial charge in [0, 0.05) is 19.3 Å². The molecule has 0 aromatic rings. The average Bonchev–Trinajstić information content (AvgIpc) is 3.33. The van der Waals surface area contributed by atoms with E-state index in [1.165, 1.54) is 218 Å². The molecule has 1 atom stereocenters. The number of carbonyl (C=O) groups excluding carboxylic acids is 3. The fraction of sp³-hybridized carbons (Fsp3) is 0.885. The third-order valence-corrected chi connectivity index (χ3v) is 13.5. The number of allylic oxidation sites excluding steroid dienone is 4. The minimum absolute atomic E-state index is 0.0697. The zero-order valence-corrected chi connectivity index (χ0v) is 45.2. The van der Waals surface area contributed by atoms with Crippen molar-refractivity contribution >= 4 is 17.9 Å². The van der Waals surface area contributed by atoms with Crippen LogP contribution in [-0.2, 0) is 28.6 Å². The minimum atomic E-state index is -0.769. The standard InChI is InChI=1S/C61H114O6/c1-4-7-10-13-16-18-20-22-24-26-28-29-30-31-32-33-35-36-38-40-42-45-48-51-54-60(63)66-57-58(56-65-59(62)53-50-47-44-15-12-9-6-3)67-61(64)55-52-49-46-43-41-39-37-34-27-25-23-21-19-17-14-11-8-5-2/h19,21,25,27,58H,4-18,20,22-24,26,28-57H2,1-3H3/b21-19-,27-25-. The highest BCUT2D eigenvalue weighted by Gasteiger charge is 2.19. The molecule has 0 bridgehead atoms. The summed E-state index contributed by atoms with van der Waals surface area (Å²) in [5, 5.41) is 0. The van der Waals surface area contributed by atoms with Gasteiger partial charge in [-0.15, -0.1) is 0 Å². The van der Waals surface area contributed by atoms with Crippen molar-refractivity contribution in [2.24, 2.45) is 0 Å². The molecule has 67 heavy (non-hydrogen) atoms.